The molecule has 0 saturated carbocycles. The van der Waals surface area contributed by atoms with Gasteiger partial charge in [0.05, 0.1) is 6.61 Å². The maximum absolute atomic E-state index is 10.6. The van der Waals surface area contributed by atoms with Crippen LogP contribution in [-0.2, 0) is 9.53 Å². The molecule has 1 unspecified atom stereocenters. The zero-order chi connectivity index (χ0) is 11.8. The summed E-state index contributed by atoms with van der Waals surface area (Å²) >= 11 is 0. The Morgan fingerprint density at radius 3 is 2.33 bits per heavy atom. The van der Waals surface area contributed by atoms with Gasteiger partial charge < -0.3 is 4.74 Å². The summed E-state index contributed by atoms with van der Waals surface area (Å²) in [5, 5.41) is 0. The predicted octanol–water partition coefficient (Wildman–Crippen LogP) is 3.57. The Kier molecular flexibility index (Phi) is 7.10. The average molecular weight is 212 g/mol. The Labute approximate surface area is 93.7 Å². The van der Waals surface area contributed by atoms with Crippen molar-refractivity contribution in [2.45, 2.75) is 47.0 Å². The van der Waals surface area contributed by atoms with Crippen LogP contribution in [0.5, 0.6) is 0 Å². The molecule has 15 heavy (non-hydrogen) atoms. The number of allylic oxidation sites excluding steroid dienone is 1. The lowest BCUT2D eigenvalue weighted by Crippen LogP contribution is -2.06. The van der Waals surface area contributed by atoms with Gasteiger partial charge in [0.25, 0.3) is 0 Å². The topological polar surface area (TPSA) is 26.3 Å². The van der Waals surface area contributed by atoms with Crippen LogP contribution < -0.4 is 0 Å². The van der Waals surface area contributed by atoms with Crippen LogP contribution >= 0.6 is 0 Å². The summed E-state index contributed by atoms with van der Waals surface area (Å²) in [5.74, 6) is 1.04. The second-order valence-electron chi connectivity index (χ2n) is 4.79. The molecule has 0 spiro atoms. The van der Waals surface area contributed by atoms with Gasteiger partial charge >= 0.3 is 5.97 Å². The standard InChI is InChI=1S/C13H24O2/c1-10(2)8-12(4)9-11(3)6-7-15-13(5)14/h10-11H,4,6-9H2,1-3,5H3. The Morgan fingerprint density at radius 1 is 1.27 bits per heavy atom. The molecule has 1 atom stereocenters. The molecule has 0 aromatic carbocycles. The van der Waals surface area contributed by atoms with Gasteiger partial charge in [-0.1, -0.05) is 32.9 Å². The monoisotopic (exact) mass is 212 g/mol. The Morgan fingerprint density at radius 2 is 1.87 bits per heavy atom. The van der Waals surface area contributed by atoms with Crippen molar-refractivity contribution in [2.75, 3.05) is 6.61 Å². The number of carbonyl (C=O) groups excluding carboxylic acids is 1. The van der Waals surface area contributed by atoms with Crippen molar-refractivity contribution in [3.8, 4) is 0 Å². The second-order valence-corrected chi connectivity index (χ2v) is 4.79. The van der Waals surface area contributed by atoms with E-state index in [1.807, 2.05) is 0 Å². The van der Waals surface area contributed by atoms with E-state index in [9.17, 15) is 4.79 Å². The molecular weight excluding hydrogens is 188 g/mol. The number of esters is 1. The maximum Gasteiger partial charge on any atom is 0.302 e. The highest BCUT2D eigenvalue weighted by atomic mass is 16.5. The Hall–Kier alpha value is -0.790. The number of hydrogen-bond acceptors (Lipinski definition) is 2. The van der Waals surface area contributed by atoms with E-state index >= 15 is 0 Å². The fourth-order valence-electron chi connectivity index (χ4n) is 1.66. The van der Waals surface area contributed by atoms with Crippen molar-refractivity contribution in [3.63, 3.8) is 0 Å². The molecule has 88 valence electrons. The zero-order valence-corrected chi connectivity index (χ0v) is 10.5. The minimum Gasteiger partial charge on any atom is -0.466 e. The van der Waals surface area contributed by atoms with Crippen LogP contribution in [0.25, 0.3) is 0 Å². The van der Waals surface area contributed by atoms with Gasteiger partial charge in [-0.15, -0.1) is 0 Å². The fourth-order valence-corrected chi connectivity index (χ4v) is 1.66. The smallest absolute Gasteiger partial charge is 0.302 e. The van der Waals surface area contributed by atoms with Gasteiger partial charge in [-0.25, -0.2) is 0 Å². The largest absolute Gasteiger partial charge is 0.466 e. The minimum absolute atomic E-state index is 0.191. The molecule has 0 aliphatic carbocycles. The Balaban J connectivity index is 3.59. The molecule has 0 aromatic rings. The quantitative estimate of drug-likeness (QED) is 0.476. The van der Waals surface area contributed by atoms with E-state index in [4.69, 9.17) is 4.74 Å². The maximum atomic E-state index is 10.6. The molecule has 0 aliphatic rings. The summed E-state index contributed by atoms with van der Waals surface area (Å²) in [6.07, 6.45) is 3.06. The molecule has 0 N–H and O–H groups in total. The molecule has 0 radical (unpaired) electrons. The third-order valence-corrected chi connectivity index (χ3v) is 2.25. The first-order valence-electron chi connectivity index (χ1n) is 5.71. The highest BCUT2D eigenvalue weighted by molar-refractivity contribution is 5.65. The number of ether oxygens (including phenoxy) is 1. The fraction of sp³-hybridized carbons (Fsp3) is 0.769. The van der Waals surface area contributed by atoms with Crippen LogP contribution in [0.1, 0.15) is 47.0 Å². The molecular formula is C13H24O2. The van der Waals surface area contributed by atoms with Crippen molar-refractivity contribution in [1.29, 1.82) is 0 Å². The highest BCUT2D eigenvalue weighted by Crippen LogP contribution is 2.19. The summed E-state index contributed by atoms with van der Waals surface area (Å²) < 4.78 is 4.91. The minimum atomic E-state index is -0.191. The van der Waals surface area contributed by atoms with Gasteiger partial charge in [-0.3, -0.25) is 4.79 Å². The van der Waals surface area contributed by atoms with Crippen LogP contribution in [-0.4, -0.2) is 12.6 Å². The third-order valence-electron chi connectivity index (χ3n) is 2.25. The summed E-state index contributed by atoms with van der Waals surface area (Å²) in [4.78, 5) is 10.6. The van der Waals surface area contributed by atoms with E-state index in [1.165, 1.54) is 12.5 Å². The van der Waals surface area contributed by atoms with E-state index < -0.39 is 0 Å². The molecule has 0 aliphatic heterocycles. The molecule has 2 nitrogen and oxygen atoms in total. The molecule has 0 amide bonds. The predicted molar refractivity (Wildman–Crippen MR) is 63.6 cm³/mol. The first kappa shape index (κ1) is 14.2. The Bertz CT molecular complexity index is 207. The lowest BCUT2D eigenvalue weighted by molar-refractivity contribution is -0.141. The highest BCUT2D eigenvalue weighted by Gasteiger charge is 2.06. The van der Waals surface area contributed by atoms with Crippen molar-refractivity contribution < 1.29 is 9.53 Å². The van der Waals surface area contributed by atoms with Crippen molar-refractivity contribution in [2.24, 2.45) is 11.8 Å². The van der Waals surface area contributed by atoms with Gasteiger partial charge in [-0.05, 0) is 31.1 Å². The molecule has 0 rings (SSSR count). The zero-order valence-electron chi connectivity index (χ0n) is 10.5. The van der Waals surface area contributed by atoms with E-state index in [2.05, 4.69) is 27.4 Å². The molecule has 0 bridgehead atoms. The van der Waals surface area contributed by atoms with Gasteiger partial charge in [0.1, 0.15) is 0 Å². The van der Waals surface area contributed by atoms with Crippen LogP contribution in [0.4, 0.5) is 0 Å². The molecule has 0 fully saturated rings. The summed E-state index contributed by atoms with van der Waals surface area (Å²) in [5.41, 5.74) is 1.31. The number of rotatable bonds is 7. The van der Waals surface area contributed by atoms with Crippen molar-refractivity contribution in [3.05, 3.63) is 12.2 Å². The lowest BCUT2D eigenvalue weighted by Gasteiger charge is -2.14. The van der Waals surface area contributed by atoms with E-state index in [1.54, 1.807) is 0 Å². The van der Waals surface area contributed by atoms with Crippen LogP contribution in [0.2, 0.25) is 0 Å². The number of hydrogen-bond donors (Lipinski definition) is 0. The summed E-state index contributed by atoms with van der Waals surface area (Å²) in [6.45, 7) is 12.6. The molecule has 0 aromatic heterocycles. The van der Waals surface area contributed by atoms with Crippen molar-refractivity contribution >= 4 is 5.97 Å². The molecule has 0 heterocycles. The first-order valence-corrected chi connectivity index (χ1v) is 5.71. The lowest BCUT2D eigenvalue weighted by atomic mass is 9.94. The number of carbonyl (C=O) groups is 1. The van der Waals surface area contributed by atoms with E-state index in [0.29, 0.717) is 18.4 Å². The SMILES string of the molecule is C=C(CC(C)C)CC(C)CCOC(C)=O. The third kappa shape index (κ3) is 9.51. The molecule has 0 saturated heterocycles. The van der Waals surface area contributed by atoms with Gasteiger partial charge in [-0.2, -0.15) is 0 Å². The van der Waals surface area contributed by atoms with Crippen LogP contribution in [0, 0.1) is 11.8 Å². The summed E-state index contributed by atoms with van der Waals surface area (Å²) in [7, 11) is 0. The van der Waals surface area contributed by atoms with E-state index in [0.717, 1.165) is 19.3 Å². The van der Waals surface area contributed by atoms with Gasteiger partial charge in [0.15, 0.2) is 0 Å². The second kappa shape index (κ2) is 7.49. The van der Waals surface area contributed by atoms with E-state index in [-0.39, 0.29) is 5.97 Å². The van der Waals surface area contributed by atoms with Gasteiger partial charge in [0, 0.05) is 6.92 Å². The summed E-state index contributed by atoms with van der Waals surface area (Å²) in [6, 6.07) is 0. The van der Waals surface area contributed by atoms with Crippen LogP contribution in [0.3, 0.4) is 0 Å². The normalized spacial score (nSPS) is 12.6. The van der Waals surface area contributed by atoms with Crippen molar-refractivity contribution in [1.82, 2.24) is 0 Å². The average Bonchev–Trinajstić information content (AvgIpc) is 2.00. The van der Waals surface area contributed by atoms with Gasteiger partial charge in [0.2, 0.25) is 0 Å². The first-order chi connectivity index (χ1) is 6.91. The van der Waals surface area contributed by atoms with Crippen LogP contribution in [0.15, 0.2) is 12.2 Å². The molecule has 2 heteroatoms.